The summed E-state index contributed by atoms with van der Waals surface area (Å²) in [7, 11) is 0. The smallest absolute Gasteiger partial charge is 0.273 e. The molecule has 9 aromatic rings. The van der Waals surface area contributed by atoms with E-state index < -0.39 is 0 Å². The van der Waals surface area contributed by atoms with Crippen molar-refractivity contribution in [1.82, 2.24) is 0 Å². The molecule has 89 heavy (non-hydrogen) atoms. The Morgan fingerprint density at radius 3 is 1.35 bits per heavy atom. The van der Waals surface area contributed by atoms with E-state index >= 15 is 0 Å². The van der Waals surface area contributed by atoms with Crippen LogP contribution in [0, 0.1) is 53.3 Å². The number of rotatable bonds is 4. The molecule has 27 rings (SSSR count). The summed E-state index contributed by atoms with van der Waals surface area (Å²) in [6, 6.07) is 43.6. The standard InChI is InChI=1S/C77H67B3N2O4S3/c1-87-82-58-27-56-52(79-68-57(81-56)19-47(75-29-38-10-39(30-75)12-40(11-38)31-75)21-62(68)85-71-50-6-2-4-8-66(50)88-73(71)79)25-53(58)78-54-26-55-61(28-60(54)83-63-22-48(20-59(82)69(63)78)76-32-41-13-42(33-76)15-43(14-41)34-76)84-64-23-49(77-35-44-16-45(36-77)18-46(17-44)37-77)24-65-70(64)80(55)74-72(86-65)51-7-3-5-9-67(51)89-74/h2-9,19-28,38-46,81H,10-18,29-37H2,1H3. The van der Waals surface area contributed by atoms with Gasteiger partial charge in [0.25, 0.3) is 20.1 Å². The van der Waals surface area contributed by atoms with Crippen LogP contribution < -0.4 is 76.4 Å². The van der Waals surface area contributed by atoms with Gasteiger partial charge in [-0.2, -0.15) is 0 Å². The van der Waals surface area contributed by atoms with Crippen molar-refractivity contribution in [2.45, 2.75) is 132 Å². The van der Waals surface area contributed by atoms with Gasteiger partial charge >= 0.3 is 0 Å². The first kappa shape index (κ1) is 49.5. The van der Waals surface area contributed by atoms with Crippen LogP contribution >= 0.6 is 34.6 Å². The highest BCUT2D eigenvalue weighted by Crippen LogP contribution is 2.65. The summed E-state index contributed by atoms with van der Waals surface area (Å²) in [5, 5.41) is 6.73. The Balaban J connectivity index is 0.726. The number of nitrogens with zero attached hydrogens (tertiary/aromatic N) is 1. The summed E-state index contributed by atoms with van der Waals surface area (Å²) < 4.78 is 37.9. The maximum Gasteiger partial charge on any atom is 0.273 e. The zero-order valence-corrected chi connectivity index (χ0v) is 52.8. The molecule has 0 amide bonds. The van der Waals surface area contributed by atoms with Gasteiger partial charge in [-0.1, -0.05) is 36.4 Å². The van der Waals surface area contributed by atoms with Gasteiger partial charge < -0.3 is 24.3 Å². The van der Waals surface area contributed by atoms with Crippen LogP contribution in [0.3, 0.4) is 0 Å². The number of anilines is 4. The first-order valence-corrected chi connectivity index (χ1v) is 37.3. The van der Waals surface area contributed by atoms with Crippen LogP contribution in [-0.4, -0.2) is 26.4 Å². The number of hydrogen-bond acceptors (Lipinski definition) is 9. The fourth-order valence-electron chi connectivity index (χ4n) is 25.2. The second-order valence-electron chi connectivity index (χ2n) is 32.1. The van der Waals surface area contributed by atoms with E-state index in [-0.39, 0.29) is 36.4 Å². The number of ether oxygens (including phenoxy) is 4. The van der Waals surface area contributed by atoms with E-state index in [2.05, 4.69) is 125 Å². The Kier molecular flexibility index (Phi) is 9.29. The van der Waals surface area contributed by atoms with Crippen molar-refractivity contribution in [3.05, 3.63) is 126 Å². The minimum absolute atomic E-state index is 0.0123. The number of fused-ring (bicyclic) bond motifs is 16. The second-order valence-corrected chi connectivity index (χ2v) is 35.0. The minimum Gasteiger partial charge on any atom is -0.458 e. The Morgan fingerprint density at radius 2 is 0.831 bits per heavy atom. The van der Waals surface area contributed by atoms with Gasteiger partial charge in [0, 0.05) is 64.6 Å². The average Bonchev–Trinajstić information content (AvgIpc) is 1.46. The zero-order chi connectivity index (χ0) is 57.3. The van der Waals surface area contributed by atoms with E-state index in [1.54, 1.807) is 0 Å². The second kappa shape index (κ2) is 16.7. The van der Waals surface area contributed by atoms with E-state index in [1.807, 2.05) is 34.6 Å². The lowest BCUT2D eigenvalue weighted by atomic mass is 9.31. The lowest BCUT2D eigenvalue weighted by Gasteiger charge is -2.57. The molecule has 12 bridgehead atoms. The number of thiophene rings is 2. The molecule has 12 aliphatic carbocycles. The SMILES string of the molecule is CSN1c2cc3c(cc2B2c4cc5c(cc4Oc4cc(C67CC8CC(CC(C8)C6)C7)cc1c42)Oc1cc(C24CC6CC(CC(C6)C2)C4)cc2c1B5c1sc4ccccc4c1O2)B1c2sc4ccccc4c2Oc2cc(C45CC6CC(CC(C6)C4)C5)cc(c21)N3. The van der Waals surface area contributed by atoms with E-state index in [1.165, 1.54) is 223 Å². The Morgan fingerprint density at radius 1 is 0.404 bits per heavy atom. The maximum absolute atomic E-state index is 7.74. The van der Waals surface area contributed by atoms with Crippen molar-refractivity contribution in [2.75, 3.05) is 15.9 Å². The summed E-state index contributed by atoms with van der Waals surface area (Å²) >= 11 is 5.71. The van der Waals surface area contributed by atoms with Crippen LogP contribution in [0.4, 0.5) is 22.7 Å². The summed E-state index contributed by atoms with van der Waals surface area (Å²) in [6.07, 6.45) is 26.9. The van der Waals surface area contributed by atoms with E-state index in [0.717, 1.165) is 99.3 Å². The molecule has 18 aliphatic rings. The molecule has 0 saturated heterocycles. The number of benzene rings is 7. The molecule has 12 saturated carbocycles. The van der Waals surface area contributed by atoms with Gasteiger partial charge in [-0.3, -0.25) is 4.31 Å². The Bertz CT molecular complexity index is 4690. The fraction of sp³-hybridized carbons (Fsp3) is 0.403. The molecule has 436 valence electrons. The first-order valence-electron chi connectivity index (χ1n) is 34.5. The first-order chi connectivity index (χ1) is 43.7. The van der Waals surface area contributed by atoms with Crippen molar-refractivity contribution in [2.24, 2.45) is 53.3 Å². The van der Waals surface area contributed by atoms with E-state index in [0.29, 0.717) is 0 Å². The van der Waals surface area contributed by atoms with Crippen molar-refractivity contribution in [3.8, 4) is 46.0 Å². The molecule has 2 aromatic heterocycles. The molecule has 0 atom stereocenters. The Hall–Kier alpha value is -6.20. The molecular formula is C77H67B3N2O4S3. The third kappa shape index (κ3) is 6.42. The topological polar surface area (TPSA) is 52.2 Å². The van der Waals surface area contributed by atoms with Crippen molar-refractivity contribution in [3.63, 3.8) is 0 Å². The molecule has 0 spiro atoms. The lowest BCUT2D eigenvalue weighted by Crippen LogP contribution is -2.64. The Labute approximate surface area is 533 Å². The van der Waals surface area contributed by atoms with Crippen LogP contribution in [-0.2, 0) is 16.2 Å². The van der Waals surface area contributed by atoms with E-state index in [4.69, 9.17) is 18.9 Å². The molecule has 7 aromatic carbocycles. The highest BCUT2D eigenvalue weighted by atomic mass is 32.2. The van der Waals surface area contributed by atoms with Gasteiger partial charge in [0.05, 0.1) is 5.69 Å². The molecular weight excluding hydrogens is 1150 g/mol. The van der Waals surface area contributed by atoms with Crippen molar-refractivity contribution >= 4 is 145 Å². The molecule has 8 heterocycles. The van der Waals surface area contributed by atoms with Gasteiger partial charge in [-0.05, 0) is 313 Å². The normalized spacial score (nSPS) is 32.4. The average molecular weight is 1210 g/mol. The van der Waals surface area contributed by atoms with Crippen LogP contribution in [0.5, 0.6) is 46.0 Å². The summed E-state index contributed by atoms with van der Waals surface area (Å²) in [4.78, 5) is 0. The maximum atomic E-state index is 7.74. The van der Waals surface area contributed by atoms with Gasteiger partial charge in [-0.15, -0.1) is 22.7 Å². The summed E-state index contributed by atoms with van der Waals surface area (Å²) in [5.41, 5.74) is 19.1. The van der Waals surface area contributed by atoms with Crippen molar-refractivity contribution in [1.29, 1.82) is 0 Å². The van der Waals surface area contributed by atoms with Gasteiger partial charge in [0.15, 0.2) is 0 Å². The van der Waals surface area contributed by atoms with Crippen molar-refractivity contribution < 1.29 is 18.9 Å². The molecule has 12 fully saturated rings. The van der Waals surface area contributed by atoms with Gasteiger partial charge in [0.2, 0.25) is 0 Å². The lowest BCUT2D eigenvalue weighted by molar-refractivity contribution is -0.00539. The number of nitrogens with one attached hydrogen (secondary N) is 1. The van der Waals surface area contributed by atoms with Crippen LogP contribution in [0.1, 0.15) is 132 Å². The molecule has 1 N–H and O–H groups in total. The fourth-order valence-corrected chi connectivity index (χ4v) is 28.4. The van der Waals surface area contributed by atoms with Crippen LogP contribution in [0.15, 0.2) is 109 Å². The molecule has 6 nitrogen and oxygen atoms in total. The third-order valence-electron chi connectivity index (χ3n) is 27.2. The van der Waals surface area contributed by atoms with Crippen LogP contribution in [0.2, 0.25) is 0 Å². The highest BCUT2D eigenvalue weighted by molar-refractivity contribution is 8.00. The minimum atomic E-state index is -0.0924. The molecule has 6 aliphatic heterocycles. The summed E-state index contributed by atoms with van der Waals surface area (Å²) in [6.45, 7) is -0.131. The summed E-state index contributed by atoms with van der Waals surface area (Å²) in [5.74, 6) is 15.6. The van der Waals surface area contributed by atoms with Gasteiger partial charge in [0.1, 0.15) is 46.0 Å². The van der Waals surface area contributed by atoms with Gasteiger partial charge in [-0.25, -0.2) is 0 Å². The molecule has 12 heteroatoms. The predicted molar refractivity (Wildman–Crippen MR) is 369 cm³/mol. The number of hydrogen-bond donors (Lipinski definition) is 1. The largest absolute Gasteiger partial charge is 0.458 e. The molecule has 0 radical (unpaired) electrons. The van der Waals surface area contributed by atoms with Crippen LogP contribution in [0.25, 0.3) is 20.2 Å². The monoisotopic (exact) mass is 1210 g/mol. The third-order valence-corrected chi connectivity index (χ3v) is 30.4. The van der Waals surface area contributed by atoms with E-state index in [9.17, 15) is 0 Å². The zero-order valence-electron chi connectivity index (χ0n) is 50.4. The molecule has 0 unspecified atom stereocenters. The quantitative estimate of drug-likeness (QED) is 0.139. The predicted octanol–water partition coefficient (Wildman–Crippen LogP) is 14.3. The highest BCUT2D eigenvalue weighted by Gasteiger charge is 2.58.